The van der Waals surface area contributed by atoms with Crippen LogP contribution in [-0.2, 0) is 22.4 Å². The number of methoxy groups -OCH3 is 1. The van der Waals surface area contributed by atoms with Crippen molar-refractivity contribution in [2.45, 2.75) is 48.7 Å². The summed E-state index contributed by atoms with van der Waals surface area (Å²) in [6.07, 6.45) is 7.52. The Bertz CT molecular complexity index is 1480. The number of amides is 2. The van der Waals surface area contributed by atoms with Crippen molar-refractivity contribution >= 4 is 51.6 Å². The normalized spacial score (nSPS) is 13.8. The van der Waals surface area contributed by atoms with Crippen molar-refractivity contribution in [3.8, 4) is 0 Å². The standard InChI is InChI=1S/C31H30N2O5S2/c1-37-31(36)26-23-15-7-2-3-8-17-25(23)40-30(26)33-29(35)27(20-11-5-4-6-12-20)39-22-14-9-13-21(19-22)32-28(34)24-16-10-18-38-24/h4-6,9-14,16,18-19,27H,2-3,7-8,15,17H2,1H3,(H,32,34)(H,33,35). The molecule has 40 heavy (non-hydrogen) atoms. The van der Waals surface area contributed by atoms with Gasteiger partial charge in [0.05, 0.1) is 18.9 Å². The van der Waals surface area contributed by atoms with Crippen molar-refractivity contribution in [2.24, 2.45) is 0 Å². The minimum Gasteiger partial charge on any atom is -0.465 e. The third-order valence-electron chi connectivity index (χ3n) is 6.73. The number of carbonyl (C=O) groups excluding carboxylic acids is 3. The summed E-state index contributed by atoms with van der Waals surface area (Å²) in [5.74, 6) is -0.794. The third-order valence-corrected chi connectivity index (χ3v) is 9.18. The van der Waals surface area contributed by atoms with Crippen LogP contribution in [-0.4, -0.2) is 24.9 Å². The van der Waals surface area contributed by atoms with Crippen LogP contribution >= 0.6 is 23.1 Å². The van der Waals surface area contributed by atoms with Crippen LogP contribution in [0.25, 0.3) is 0 Å². The summed E-state index contributed by atoms with van der Waals surface area (Å²) in [7, 11) is 1.38. The average Bonchev–Trinajstić information content (AvgIpc) is 3.61. The Morgan fingerprint density at radius 2 is 1.73 bits per heavy atom. The van der Waals surface area contributed by atoms with Gasteiger partial charge in [0.15, 0.2) is 5.76 Å². The van der Waals surface area contributed by atoms with E-state index < -0.39 is 11.2 Å². The lowest BCUT2D eigenvalue weighted by Crippen LogP contribution is -2.20. The molecule has 4 aromatic rings. The maximum Gasteiger partial charge on any atom is 0.341 e. The molecular formula is C31H30N2O5S2. The van der Waals surface area contributed by atoms with Crippen LogP contribution in [0.1, 0.15) is 67.9 Å². The number of hydrogen-bond donors (Lipinski definition) is 2. The Morgan fingerprint density at radius 3 is 2.48 bits per heavy atom. The second kappa shape index (κ2) is 13.0. The van der Waals surface area contributed by atoms with Gasteiger partial charge in [0.25, 0.3) is 5.91 Å². The number of thioether (sulfide) groups is 1. The van der Waals surface area contributed by atoms with Gasteiger partial charge >= 0.3 is 5.97 Å². The Balaban J connectivity index is 1.42. The summed E-state index contributed by atoms with van der Waals surface area (Å²) in [5, 5.41) is 5.86. The van der Waals surface area contributed by atoms with Crippen LogP contribution in [0.5, 0.6) is 0 Å². The first kappa shape index (κ1) is 27.7. The Hall–Kier alpha value is -3.82. The second-order valence-electron chi connectivity index (χ2n) is 9.47. The topological polar surface area (TPSA) is 97.6 Å². The zero-order chi connectivity index (χ0) is 27.9. The van der Waals surface area contributed by atoms with Gasteiger partial charge in [-0.2, -0.15) is 0 Å². The van der Waals surface area contributed by atoms with E-state index in [1.807, 2.05) is 48.5 Å². The molecule has 0 fully saturated rings. The number of hydrogen-bond acceptors (Lipinski definition) is 7. The first-order chi connectivity index (χ1) is 19.5. The fourth-order valence-electron chi connectivity index (χ4n) is 4.79. The lowest BCUT2D eigenvalue weighted by molar-refractivity contribution is -0.115. The number of aryl methyl sites for hydroxylation is 1. The molecule has 0 saturated heterocycles. The van der Waals surface area contributed by atoms with E-state index in [4.69, 9.17) is 9.15 Å². The van der Waals surface area contributed by atoms with Crippen molar-refractivity contribution in [1.29, 1.82) is 0 Å². The highest BCUT2D eigenvalue weighted by Gasteiger charge is 2.29. The summed E-state index contributed by atoms with van der Waals surface area (Å²) in [6.45, 7) is 0. The first-order valence-corrected chi connectivity index (χ1v) is 14.9. The van der Waals surface area contributed by atoms with Crippen molar-refractivity contribution in [3.63, 3.8) is 0 Å². The largest absolute Gasteiger partial charge is 0.465 e. The van der Waals surface area contributed by atoms with E-state index in [-0.39, 0.29) is 17.6 Å². The number of rotatable bonds is 8. The van der Waals surface area contributed by atoms with Crippen molar-refractivity contribution in [1.82, 2.24) is 0 Å². The number of furan rings is 1. The molecule has 0 spiro atoms. The van der Waals surface area contributed by atoms with Gasteiger partial charge in [-0.1, -0.05) is 49.2 Å². The van der Waals surface area contributed by atoms with Gasteiger partial charge in [-0.25, -0.2) is 4.79 Å². The Labute approximate surface area is 241 Å². The zero-order valence-corrected chi connectivity index (χ0v) is 23.7. The predicted molar refractivity (Wildman–Crippen MR) is 158 cm³/mol. The van der Waals surface area contributed by atoms with E-state index >= 15 is 0 Å². The average molecular weight is 575 g/mol. The molecule has 1 aliphatic carbocycles. The zero-order valence-electron chi connectivity index (χ0n) is 22.1. The quantitative estimate of drug-likeness (QED) is 0.167. The number of benzene rings is 2. The number of nitrogens with one attached hydrogen (secondary N) is 2. The van der Waals surface area contributed by atoms with Crippen LogP contribution in [0.3, 0.4) is 0 Å². The van der Waals surface area contributed by atoms with E-state index in [1.54, 1.807) is 18.2 Å². The molecule has 2 aromatic carbocycles. The SMILES string of the molecule is COC(=O)c1c(NC(=O)C(Sc2cccc(NC(=O)c3ccco3)c2)c2ccccc2)sc2c1CCCCCC2. The molecule has 2 N–H and O–H groups in total. The maximum atomic E-state index is 13.9. The van der Waals surface area contributed by atoms with Crippen LogP contribution < -0.4 is 10.6 Å². The molecule has 2 aromatic heterocycles. The Kier molecular flexibility index (Phi) is 9.03. The van der Waals surface area contributed by atoms with Gasteiger partial charge in [-0.15, -0.1) is 23.1 Å². The number of carbonyl (C=O) groups is 3. The number of thiophene rings is 1. The van der Waals surface area contributed by atoms with Gasteiger partial charge in [0, 0.05) is 15.5 Å². The van der Waals surface area contributed by atoms with Crippen LogP contribution in [0.4, 0.5) is 10.7 Å². The molecule has 0 saturated carbocycles. The number of fused-ring (bicyclic) bond motifs is 1. The molecule has 206 valence electrons. The minimum atomic E-state index is -0.604. The predicted octanol–water partition coefficient (Wildman–Crippen LogP) is 7.51. The van der Waals surface area contributed by atoms with E-state index in [9.17, 15) is 14.4 Å². The highest BCUT2D eigenvalue weighted by Crippen LogP contribution is 2.41. The molecule has 0 aliphatic heterocycles. The first-order valence-electron chi connectivity index (χ1n) is 13.2. The lowest BCUT2D eigenvalue weighted by Gasteiger charge is -2.18. The third kappa shape index (κ3) is 6.48. The minimum absolute atomic E-state index is 0.214. The highest BCUT2D eigenvalue weighted by atomic mass is 32.2. The molecule has 5 rings (SSSR count). The number of esters is 1. The Morgan fingerprint density at radius 1 is 0.925 bits per heavy atom. The van der Waals surface area contributed by atoms with Crippen LogP contribution in [0.2, 0.25) is 0 Å². The molecule has 0 bridgehead atoms. The maximum absolute atomic E-state index is 13.9. The number of ether oxygens (including phenoxy) is 1. The van der Waals surface area contributed by atoms with Crippen molar-refractivity contribution in [2.75, 3.05) is 17.7 Å². The van der Waals surface area contributed by atoms with Gasteiger partial charge in [0.2, 0.25) is 5.91 Å². The summed E-state index contributed by atoms with van der Waals surface area (Å²) in [5.41, 5.74) is 2.90. The monoisotopic (exact) mass is 574 g/mol. The molecule has 9 heteroatoms. The van der Waals surface area contributed by atoms with Gasteiger partial charge in [0.1, 0.15) is 10.3 Å². The molecule has 7 nitrogen and oxygen atoms in total. The van der Waals surface area contributed by atoms with Gasteiger partial charge in [-0.05, 0) is 67.1 Å². The van der Waals surface area contributed by atoms with Crippen molar-refractivity contribution in [3.05, 3.63) is 100 Å². The summed E-state index contributed by atoms with van der Waals surface area (Å²) < 4.78 is 10.3. The highest BCUT2D eigenvalue weighted by molar-refractivity contribution is 8.00. The number of anilines is 2. The van der Waals surface area contributed by atoms with E-state index in [2.05, 4.69) is 10.6 Å². The fourth-order valence-corrected chi connectivity index (χ4v) is 7.15. The lowest BCUT2D eigenvalue weighted by atomic mass is 9.96. The molecule has 1 unspecified atom stereocenters. The molecular weight excluding hydrogens is 544 g/mol. The fraction of sp³-hybridized carbons (Fsp3) is 0.258. The van der Waals surface area contributed by atoms with Gasteiger partial charge < -0.3 is 19.8 Å². The van der Waals surface area contributed by atoms with Crippen LogP contribution in [0.15, 0.2) is 82.3 Å². The molecule has 1 aliphatic rings. The second-order valence-corrected chi connectivity index (χ2v) is 11.8. The molecule has 2 amide bonds. The van der Waals surface area contributed by atoms with E-state index in [0.29, 0.717) is 16.3 Å². The molecule has 0 radical (unpaired) electrons. The van der Waals surface area contributed by atoms with Crippen LogP contribution in [0, 0.1) is 0 Å². The smallest absolute Gasteiger partial charge is 0.341 e. The summed E-state index contributed by atoms with van der Waals surface area (Å²) in [4.78, 5) is 41.2. The molecule has 2 heterocycles. The van der Waals surface area contributed by atoms with Gasteiger partial charge in [-0.3, -0.25) is 9.59 Å². The van der Waals surface area contributed by atoms with E-state index in [1.165, 1.54) is 42.9 Å². The van der Waals surface area contributed by atoms with Crippen molar-refractivity contribution < 1.29 is 23.5 Å². The molecule has 1 atom stereocenters. The summed E-state index contributed by atoms with van der Waals surface area (Å²) >= 11 is 2.86. The van der Waals surface area contributed by atoms with E-state index in [0.717, 1.165) is 53.0 Å². The summed E-state index contributed by atoms with van der Waals surface area (Å²) in [6, 6.07) is 20.1.